The van der Waals surface area contributed by atoms with Gasteiger partial charge in [-0.15, -0.1) is 0 Å². The first kappa shape index (κ1) is 12.0. The smallest absolute Gasteiger partial charge is 0.268 e. The molecular weight excluding hydrogens is 262 g/mol. The molecule has 3 rings (SSSR count). The third kappa shape index (κ3) is 1.84. The first-order valence-corrected chi connectivity index (χ1v) is 7.36. The Morgan fingerprint density at radius 3 is 2.74 bits per heavy atom. The molecule has 1 aliphatic heterocycles. The second-order valence-corrected chi connectivity index (χ2v) is 6.17. The van der Waals surface area contributed by atoms with Gasteiger partial charge in [-0.25, -0.2) is 13.4 Å². The van der Waals surface area contributed by atoms with Crippen LogP contribution < -0.4 is 10.0 Å². The number of nitrogen functional groups attached to an aromatic ring is 1. The van der Waals surface area contributed by atoms with Crippen LogP contribution in [-0.4, -0.2) is 19.9 Å². The number of hydrogen-bond acceptors (Lipinski definition) is 4. The van der Waals surface area contributed by atoms with Crippen molar-refractivity contribution < 1.29 is 8.42 Å². The number of fused-ring (bicyclic) bond motifs is 1. The number of aromatic nitrogens is 1. The number of sulfonamides is 1. The van der Waals surface area contributed by atoms with Gasteiger partial charge in [-0.2, -0.15) is 0 Å². The maximum atomic E-state index is 12.6. The predicted octanol–water partition coefficient (Wildman–Crippen LogP) is 1.42. The molecule has 0 fully saturated rings. The fraction of sp³-hybridized carbons (Fsp3) is 0.154. The summed E-state index contributed by atoms with van der Waals surface area (Å²) >= 11 is 0. The number of para-hydroxylation sites is 1. The minimum atomic E-state index is -3.64. The molecule has 2 heterocycles. The molecule has 2 N–H and O–H groups in total. The van der Waals surface area contributed by atoms with Crippen LogP contribution >= 0.6 is 0 Å². The highest BCUT2D eigenvalue weighted by molar-refractivity contribution is 7.93. The number of benzene rings is 1. The fourth-order valence-electron chi connectivity index (χ4n) is 2.30. The van der Waals surface area contributed by atoms with Crippen LogP contribution in [0, 0.1) is 0 Å². The monoisotopic (exact) mass is 275 g/mol. The molecule has 98 valence electrons. The van der Waals surface area contributed by atoms with Crippen LogP contribution in [0.25, 0.3) is 0 Å². The topological polar surface area (TPSA) is 76.3 Å². The van der Waals surface area contributed by atoms with Crippen LogP contribution in [0.4, 0.5) is 11.5 Å². The lowest BCUT2D eigenvalue weighted by molar-refractivity contribution is 0.592. The zero-order valence-electron chi connectivity index (χ0n) is 10.2. The number of nitrogens with zero attached hydrogens (tertiary/aromatic N) is 2. The standard InChI is InChI=1S/C13H13N3O2S/c14-13-12(6-3-8-15-13)19(17,18)16-9-7-10-4-1-2-5-11(10)16/h1-6,8H,7,9H2,(H2,14,15). The summed E-state index contributed by atoms with van der Waals surface area (Å²) in [5.41, 5.74) is 7.44. The van der Waals surface area contributed by atoms with Crippen LogP contribution in [-0.2, 0) is 16.4 Å². The lowest BCUT2D eigenvalue weighted by Crippen LogP contribution is -2.29. The minimum absolute atomic E-state index is 0.0341. The van der Waals surface area contributed by atoms with Gasteiger partial charge in [0.15, 0.2) is 0 Å². The van der Waals surface area contributed by atoms with Gasteiger partial charge in [0.05, 0.1) is 5.69 Å². The molecule has 2 aromatic rings. The largest absolute Gasteiger partial charge is 0.383 e. The van der Waals surface area contributed by atoms with Crippen LogP contribution in [0.3, 0.4) is 0 Å². The van der Waals surface area contributed by atoms with Gasteiger partial charge in [0.2, 0.25) is 0 Å². The molecule has 0 radical (unpaired) electrons. The van der Waals surface area contributed by atoms with Gasteiger partial charge in [-0.05, 0) is 30.2 Å². The summed E-state index contributed by atoms with van der Waals surface area (Å²) in [6.45, 7) is 0.440. The number of anilines is 2. The van der Waals surface area contributed by atoms with E-state index in [9.17, 15) is 8.42 Å². The van der Waals surface area contributed by atoms with Crippen LogP contribution in [0.1, 0.15) is 5.56 Å². The van der Waals surface area contributed by atoms with Crippen molar-refractivity contribution >= 4 is 21.5 Å². The molecule has 5 nitrogen and oxygen atoms in total. The van der Waals surface area contributed by atoms with Gasteiger partial charge in [-0.3, -0.25) is 4.31 Å². The molecule has 0 saturated carbocycles. The predicted molar refractivity (Wildman–Crippen MR) is 73.3 cm³/mol. The SMILES string of the molecule is Nc1ncccc1S(=O)(=O)N1CCc2ccccc21. The molecule has 0 unspecified atom stereocenters. The van der Waals surface area contributed by atoms with E-state index in [0.717, 1.165) is 17.7 Å². The number of nitrogens with two attached hydrogens (primary N) is 1. The summed E-state index contributed by atoms with van der Waals surface area (Å²) < 4.78 is 26.6. The van der Waals surface area contributed by atoms with E-state index in [2.05, 4.69) is 4.98 Å². The van der Waals surface area contributed by atoms with Crippen molar-refractivity contribution in [1.29, 1.82) is 0 Å². The first-order valence-electron chi connectivity index (χ1n) is 5.92. The second kappa shape index (κ2) is 4.24. The average Bonchev–Trinajstić information content (AvgIpc) is 2.83. The Bertz CT molecular complexity index is 728. The molecular formula is C13H13N3O2S. The third-order valence-electron chi connectivity index (χ3n) is 3.21. The van der Waals surface area contributed by atoms with Crippen molar-refractivity contribution in [2.75, 3.05) is 16.6 Å². The first-order chi connectivity index (χ1) is 9.10. The number of pyridine rings is 1. The Morgan fingerprint density at radius 2 is 1.95 bits per heavy atom. The van der Waals surface area contributed by atoms with Crippen molar-refractivity contribution in [3.05, 3.63) is 48.2 Å². The fourth-order valence-corrected chi connectivity index (χ4v) is 3.87. The molecule has 19 heavy (non-hydrogen) atoms. The van der Waals surface area contributed by atoms with Gasteiger partial charge in [0.25, 0.3) is 10.0 Å². The molecule has 0 bridgehead atoms. The van der Waals surface area contributed by atoms with E-state index in [4.69, 9.17) is 5.73 Å². The van der Waals surface area contributed by atoms with Gasteiger partial charge in [0, 0.05) is 12.7 Å². The minimum Gasteiger partial charge on any atom is -0.383 e. The Hall–Kier alpha value is -2.08. The zero-order chi connectivity index (χ0) is 13.5. The van der Waals surface area contributed by atoms with Crippen LogP contribution in [0.2, 0.25) is 0 Å². The second-order valence-electron chi connectivity index (χ2n) is 4.34. The summed E-state index contributed by atoms with van der Waals surface area (Å²) in [6, 6.07) is 10.6. The summed E-state index contributed by atoms with van der Waals surface area (Å²) in [6.07, 6.45) is 2.20. The highest BCUT2D eigenvalue weighted by atomic mass is 32.2. The normalized spacial score (nSPS) is 14.4. The van der Waals surface area contributed by atoms with Crippen LogP contribution in [0.5, 0.6) is 0 Å². The van der Waals surface area contributed by atoms with Gasteiger partial charge >= 0.3 is 0 Å². The van der Waals surface area contributed by atoms with E-state index >= 15 is 0 Å². The summed E-state index contributed by atoms with van der Waals surface area (Å²) in [5.74, 6) is 0.0341. The Labute approximate surface area is 111 Å². The van der Waals surface area contributed by atoms with Gasteiger partial charge in [0.1, 0.15) is 10.7 Å². The molecule has 1 aromatic heterocycles. The Kier molecular flexibility index (Phi) is 2.67. The van der Waals surface area contributed by atoms with E-state index in [1.165, 1.54) is 16.6 Å². The van der Waals surface area contributed by atoms with Crippen molar-refractivity contribution in [3.63, 3.8) is 0 Å². The molecule has 1 aliphatic rings. The summed E-state index contributed by atoms with van der Waals surface area (Å²) in [5, 5.41) is 0. The van der Waals surface area contributed by atoms with Gasteiger partial charge in [-0.1, -0.05) is 18.2 Å². The summed E-state index contributed by atoms with van der Waals surface area (Å²) in [4.78, 5) is 3.91. The number of hydrogen-bond donors (Lipinski definition) is 1. The molecule has 6 heteroatoms. The molecule has 0 aliphatic carbocycles. The maximum Gasteiger partial charge on any atom is 0.268 e. The van der Waals surface area contributed by atoms with E-state index in [1.54, 1.807) is 6.07 Å². The highest BCUT2D eigenvalue weighted by Gasteiger charge is 2.31. The van der Waals surface area contributed by atoms with Crippen LogP contribution in [0.15, 0.2) is 47.5 Å². The van der Waals surface area contributed by atoms with E-state index in [1.807, 2.05) is 24.3 Å². The zero-order valence-corrected chi connectivity index (χ0v) is 11.0. The van der Waals surface area contributed by atoms with Crippen molar-refractivity contribution in [2.24, 2.45) is 0 Å². The number of rotatable bonds is 2. The lowest BCUT2D eigenvalue weighted by Gasteiger charge is -2.20. The average molecular weight is 275 g/mol. The highest BCUT2D eigenvalue weighted by Crippen LogP contribution is 2.33. The Morgan fingerprint density at radius 1 is 1.16 bits per heavy atom. The molecule has 0 amide bonds. The molecule has 1 aromatic carbocycles. The van der Waals surface area contributed by atoms with Gasteiger partial charge < -0.3 is 5.73 Å². The Balaban J connectivity index is 2.11. The third-order valence-corrected chi connectivity index (χ3v) is 5.07. The van der Waals surface area contributed by atoms with Crippen molar-refractivity contribution in [1.82, 2.24) is 4.98 Å². The van der Waals surface area contributed by atoms with E-state index in [0.29, 0.717) is 6.54 Å². The molecule has 0 atom stereocenters. The maximum absolute atomic E-state index is 12.6. The van der Waals surface area contributed by atoms with Crippen molar-refractivity contribution in [2.45, 2.75) is 11.3 Å². The molecule has 0 saturated heterocycles. The van der Waals surface area contributed by atoms with E-state index in [-0.39, 0.29) is 10.7 Å². The molecule has 0 spiro atoms. The van der Waals surface area contributed by atoms with E-state index < -0.39 is 10.0 Å². The quantitative estimate of drug-likeness (QED) is 0.899. The lowest BCUT2D eigenvalue weighted by atomic mass is 10.2. The van der Waals surface area contributed by atoms with Crippen molar-refractivity contribution in [3.8, 4) is 0 Å². The summed E-state index contributed by atoms with van der Waals surface area (Å²) in [7, 11) is -3.64.